The van der Waals surface area contributed by atoms with Crippen LogP contribution in [-0.2, 0) is 0 Å². The molecule has 0 unspecified atom stereocenters. The first kappa shape index (κ1) is 8.08. The van der Waals surface area contributed by atoms with Gasteiger partial charge in [-0.2, -0.15) is 0 Å². The lowest BCUT2D eigenvalue weighted by molar-refractivity contribution is 0.224. The van der Waals surface area contributed by atoms with Crippen LogP contribution in [0.2, 0.25) is 0 Å². The average molecular weight is 151 g/mol. The Morgan fingerprint density at radius 2 is 2.00 bits per heavy atom. The Hall–Kier alpha value is -1.02. The van der Waals surface area contributed by atoms with Crippen molar-refractivity contribution in [1.82, 2.24) is 0 Å². The second-order valence-electron chi connectivity index (χ2n) is 2.64. The molecule has 1 aromatic rings. The van der Waals surface area contributed by atoms with Crippen LogP contribution < -0.4 is 5.32 Å². The van der Waals surface area contributed by atoms with Crippen LogP contribution in [0, 0.1) is 6.92 Å². The quantitative estimate of drug-likeness (QED) is 0.631. The van der Waals surface area contributed by atoms with Gasteiger partial charge in [0.05, 0.1) is 0 Å². The Labute approximate surface area is 66.9 Å². The molecule has 0 amide bonds. The summed E-state index contributed by atoms with van der Waals surface area (Å²) in [7, 11) is 0. The third-order valence-electron chi connectivity index (χ3n) is 1.51. The van der Waals surface area contributed by atoms with Gasteiger partial charge in [-0.25, -0.2) is 0 Å². The number of anilines is 1. The fourth-order valence-electron chi connectivity index (χ4n) is 0.960. The highest BCUT2D eigenvalue weighted by Gasteiger charge is 1.97. The van der Waals surface area contributed by atoms with Gasteiger partial charge < -0.3 is 10.4 Å². The molecule has 0 aliphatic heterocycles. The van der Waals surface area contributed by atoms with Crippen molar-refractivity contribution in [1.29, 1.82) is 0 Å². The van der Waals surface area contributed by atoms with Crippen LogP contribution in [0.25, 0.3) is 0 Å². The number of hydrogen-bond donors (Lipinski definition) is 2. The molecule has 11 heavy (non-hydrogen) atoms. The first-order chi connectivity index (χ1) is 5.20. The minimum atomic E-state index is -0.490. The topological polar surface area (TPSA) is 32.3 Å². The van der Waals surface area contributed by atoms with E-state index in [4.69, 9.17) is 5.11 Å². The minimum absolute atomic E-state index is 0.490. The van der Waals surface area contributed by atoms with Crippen molar-refractivity contribution in [2.24, 2.45) is 0 Å². The van der Waals surface area contributed by atoms with E-state index in [2.05, 4.69) is 5.32 Å². The normalized spacial score (nSPS) is 12.6. The van der Waals surface area contributed by atoms with Crippen LogP contribution in [0.3, 0.4) is 0 Å². The molecule has 0 spiro atoms. The molecule has 1 aromatic carbocycles. The monoisotopic (exact) mass is 151 g/mol. The molecule has 2 nitrogen and oxygen atoms in total. The molecule has 0 saturated heterocycles. The van der Waals surface area contributed by atoms with Gasteiger partial charge in [-0.1, -0.05) is 18.2 Å². The predicted octanol–water partition coefficient (Wildman–Crippen LogP) is 1.75. The number of aliphatic hydroxyl groups excluding tert-OH is 1. The molecular formula is C9H13NO. The predicted molar refractivity (Wildman–Crippen MR) is 46.5 cm³/mol. The van der Waals surface area contributed by atoms with E-state index in [-0.39, 0.29) is 0 Å². The molecule has 0 radical (unpaired) electrons. The standard InChI is InChI=1S/C9H13NO/c1-7-5-3-4-6-9(7)10-8(2)11/h3-6,8,10-11H,1-2H3/t8-/m0/s1. The van der Waals surface area contributed by atoms with Gasteiger partial charge in [0.1, 0.15) is 6.23 Å². The minimum Gasteiger partial charge on any atom is -0.374 e. The lowest BCUT2D eigenvalue weighted by atomic mass is 10.2. The lowest BCUT2D eigenvalue weighted by Gasteiger charge is -2.10. The van der Waals surface area contributed by atoms with Gasteiger partial charge in [0.25, 0.3) is 0 Å². The molecule has 0 saturated carbocycles. The van der Waals surface area contributed by atoms with Crippen LogP contribution in [-0.4, -0.2) is 11.3 Å². The first-order valence-corrected chi connectivity index (χ1v) is 3.70. The lowest BCUT2D eigenvalue weighted by Crippen LogP contribution is -2.13. The van der Waals surface area contributed by atoms with Crippen LogP contribution in [0.5, 0.6) is 0 Å². The Morgan fingerprint density at radius 3 is 2.55 bits per heavy atom. The van der Waals surface area contributed by atoms with Gasteiger partial charge in [0.15, 0.2) is 0 Å². The zero-order valence-electron chi connectivity index (χ0n) is 6.83. The van der Waals surface area contributed by atoms with E-state index in [9.17, 15) is 0 Å². The molecule has 1 atom stereocenters. The maximum Gasteiger partial charge on any atom is 0.121 e. The fraction of sp³-hybridized carbons (Fsp3) is 0.333. The zero-order valence-corrected chi connectivity index (χ0v) is 6.83. The van der Waals surface area contributed by atoms with Crippen LogP contribution >= 0.6 is 0 Å². The third-order valence-corrected chi connectivity index (χ3v) is 1.51. The summed E-state index contributed by atoms with van der Waals surface area (Å²) in [5, 5.41) is 11.9. The summed E-state index contributed by atoms with van der Waals surface area (Å²) in [4.78, 5) is 0. The van der Waals surface area contributed by atoms with Crippen LogP contribution in [0.1, 0.15) is 12.5 Å². The maximum absolute atomic E-state index is 9.02. The molecule has 2 heteroatoms. The zero-order chi connectivity index (χ0) is 8.27. The van der Waals surface area contributed by atoms with E-state index >= 15 is 0 Å². The summed E-state index contributed by atoms with van der Waals surface area (Å²) < 4.78 is 0. The number of para-hydroxylation sites is 1. The van der Waals surface area contributed by atoms with Crippen molar-refractivity contribution >= 4 is 5.69 Å². The van der Waals surface area contributed by atoms with E-state index in [0.717, 1.165) is 11.3 Å². The molecule has 2 N–H and O–H groups in total. The summed E-state index contributed by atoms with van der Waals surface area (Å²) in [6, 6.07) is 7.87. The Balaban J connectivity index is 2.78. The molecule has 60 valence electrons. The SMILES string of the molecule is Cc1ccccc1N[C@H](C)O. The molecule has 0 aromatic heterocycles. The molecule has 1 rings (SSSR count). The summed E-state index contributed by atoms with van der Waals surface area (Å²) in [5.74, 6) is 0. The molecule has 0 fully saturated rings. The fourth-order valence-corrected chi connectivity index (χ4v) is 0.960. The van der Waals surface area contributed by atoms with Crippen molar-refractivity contribution in [3.63, 3.8) is 0 Å². The number of hydrogen-bond acceptors (Lipinski definition) is 2. The highest BCUT2D eigenvalue weighted by atomic mass is 16.3. The van der Waals surface area contributed by atoms with Gasteiger partial charge in [-0.15, -0.1) is 0 Å². The largest absolute Gasteiger partial charge is 0.374 e. The van der Waals surface area contributed by atoms with E-state index in [1.54, 1.807) is 6.92 Å². The number of benzene rings is 1. The van der Waals surface area contributed by atoms with E-state index in [1.807, 2.05) is 31.2 Å². The van der Waals surface area contributed by atoms with Crippen molar-refractivity contribution < 1.29 is 5.11 Å². The van der Waals surface area contributed by atoms with Crippen molar-refractivity contribution in [3.05, 3.63) is 29.8 Å². The van der Waals surface area contributed by atoms with Crippen LogP contribution in [0.4, 0.5) is 5.69 Å². The molecule has 0 aliphatic rings. The molecular weight excluding hydrogens is 138 g/mol. The summed E-state index contributed by atoms with van der Waals surface area (Å²) >= 11 is 0. The second-order valence-corrected chi connectivity index (χ2v) is 2.64. The van der Waals surface area contributed by atoms with Crippen molar-refractivity contribution in [2.45, 2.75) is 20.1 Å². The average Bonchev–Trinajstić information content (AvgIpc) is 1.93. The number of aryl methyl sites for hydroxylation is 1. The Bertz CT molecular complexity index is 233. The maximum atomic E-state index is 9.02. The first-order valence-electron chi connectivity index (χ1n) is 3.70. The van der Waals surface area contributed by atoms with E-state index in [1.165, 1.54) is 0 Å². The summed E-state index contributed by atoms with van der Waals surface area (Å²) in [6.07, 6.45) is -0.490. The van der Waals surface area contributed by atoms with E-state index in [0.29, 0.717) is 0 Å². The van der Waals surface area contributed by atoms with Crippen molar-refractivity contribution in [3.8, 4) is 0 Å². The van der Waals surface area contributed by atoms with Gasteiger partial charge in [-0.05, 0) is 25.5 Å². The van der Waals surface area contributed by atoms with Gasteiger partial charge in [-0.3, -0.25) is 0 Å². The summed E-state index contributed by atoms with van der Waals surface area (Å²) in [6.45, 7) is 3.71. The molecule has 0 aliphatic carbocycles. The van der Waals surface area contributed by atoms with Gasteiger partial charge in [0, 0.05) is 5.69 Å². The van der Waals surface area contributed by atoms with Crippen LogP contribution in [0.15, 0.2) is 24.3 Å². The number of rotatable bonds is 2. The number of nitrogens with one attached hydrogen (secondary N) is 1. The van der Waals surface area contributed by atoms with Crippen molar-refractivity contribution in [2.75, 3.05) is 5.32 Å². The number of aliphatic hydroxyl groups is 1. The molecule has 0 heterocycles. The van der Waals surface area contributed by atoms with Gasteiger partial charge >= 0.3 is 0 Å². The smallest absolute Gasteiger partial charge is 0.121 e. The second kappa shape index (κ2) is 3.39. The third kappa shape index (κ3) is 2.24. The highest BCUT2D eigenvalue weighted by molar-refractivity contribution is 5.50. The highest BCUT2D eigenvalue weighted by Crippen LogP contribution is 2.13. The Kier molecular flexibility index (Phi) is 2.49. The van der Waals surface area contributed by atoms with E-state index < -0.39 is 6.23 Å². The summed E-state index contributed by atoms with van der Waals surface area (Å²) in [5.41, 5.74) is 2.14. The van der Waals surface area contributed by atoms with Gasteiger partial charge in [0.2, 0.25) is 0 Å². The molecule has 0 bridgehead atoms. The Morgan fingerprint density at radius 1 is 1.36 bits per heavy atom.